The van der Waals surface area contributed by atoms with E-state index in [1.54, 1.807) is 0 Å². The Morgan fingerprint density at radius 3 is 2.41 bits per heavy atom. The summed E-state index contributed by atoms with van der Waals surface area (Å²) in [5.41, 5.74) is 15.2. The second-order valence-electron chi connectivity index (χ2n) is 7.04. The number of carbonyl (C=O) groups is 1. The minimum absolute atomic E-state index is 0.0138. The summed E-state index contributed by atoms with van der Waals surface area (Å²) in [5.74, 6) is 0.853. The summed E-state index contributed by atoms with van der Waals surface area (Å²) in [7, 11) is 0. The molecule has 1 unspecified atom stereocenters. The molecule has 29 heavy (non-hydrogen) atoms. The lowest BCUT2D eigenvalue weighted by Crippen LogP contribution is -2.30. The molecule has 1 aromatic rings. The molecule has 5 nitrogen and oxygen atoms in total. The number of rotatable bonds is 8. The highest BCUT2D eigenvalue weighted by Crippen LogP contribution is 2.43. The fourth-order valence-corrected chi connectivity index (χ4v) is 3.44. The molecular formula is C24H37N3O2. The van der Waals surface area contributed by atoms with E-state index < -0.39 is 0 Å². The lowest BCUT2D eigenvalue weighted by molar-refractivity contribution is -0.115. The Morgan fingerprint density at radius 1 is 1.21 bits per heavy atom. The number of carbonyl (C=O) groups excluding carboxylic acids is 1. The van der Waals surface area contributed by atoms with Gasteiger partial charge in [0.15, 0.2) is 5.78 Å². The van der Waals surface area contributed by atoms with E-state index >= 15 is 0 Å². The first-order chi connectivity index (χ1) is 13.9. The first kappa shape index (κ1) is 24.5. The van der Waals surface area contributed by atoms with Gasteiger partial charge in [0.2, 0.25) is 0 Å². The maximum absolute atomic E-state index is 13.1. The predicted octanol–water partition coefficient (Wildman–Crippen LogP) is 5.22. The smallest absolute Gasteiger partial charge is 0.161 e. The van der Waals surface area contributed by atoms with Gasteiger partial charge in [-0.1, -0.05) is 52.3 Å². The molecule has 0 bridgehead atoms. The molecular weight excluding hydrogens is 362 g/mol. The summed E-state index contributed by atoms with van der Waals surface area (Å²) in [6, 6.07) is 7.78. The summed E-state index contributed by atoms with van der Waals surface area (Å²) in [4.78, 5) is 17.6. The predicted molar refractivity (Wildman–Crippen MR) is 122 cm³/mol. The molecule has 160 valence electrons. The van der Waals surface area contributed by atoms with Crippen molar-refractivity contribution in [1.29, 1.82) is 0 Å². The Bertz CT molecular complexity index is 776. The van der Waals surface area contributed by atoms with E-state index in [-0.39, 0.29) is 17.8 Å². The molecule has 5 heteroatoms. The van der Waals surface area contributed by atoms with Crippen molar-refractivity contribution in [3.8, 4) is 5.75 Å². The number of hydrogen-bond donors (Lipinski definition) is 2. The van der Waals surface area contributed by atoms with Gasteiger partial charge < -0.3 is 16.2 Å². The lowest BCUT2D eigenvalue weighted by atomic mass is 9.78. The van der Waals surface area contributed by atoms with Crippen LogP contribution < -0.4 is 16.2 Å². The molecule has 4 N–H and O–H groups in total. The van der Waals surface area contributed by atoms with Gasteiger partial charge in [-0.2, -0.15) is 0 Å². The van der Waals surface area contributed by atoms with Crippen LogP contribution in [0.25, 0.3) is 0 Å². The standard InChI is InChI=1S/C22H31N3O2.C2H6/c1-5-9-17-21(18(26)10-6-2)20(16(13-23)22(24)25-17)15-11-7-8-12-19(15)27-14(3)4;1-2/h7-8,11-14,20H,5-6,9-10,23H2,1-4H3,(H2,24,25);1-2H3/b16-13-;. The number of aliphatic imine (C=N–C) groups is 1. The summed E-state index contributed by atoms with van der Waals surface area (Å²) >= 11 is 0. The van der Waals surface area contributed by atoms with Gasteiger partial charge in [-0.15, -0.1) is 0 Å². The first-order valence-electron chi connectivity index (χ1n) is 10.7. The quantitative estimate of drug-likeness (QED) is 0.627. The third-order valence-corrected chi connectivity index (χ3v) is 4.50. The van der Waals surface area contributed by atoms with Crippen LogP contribution in [0.1, 0.15) is 78.7 Å². The molecule has 0 spiro atoms. The number of hydrogen-bond acceptors (Lipinski definition) is 5. The fourth-order valence-electron chi connectivity index (χ4n) is 3.44. The molecule has 1 aliphatic rings. The summed E-state index contributed by atoms with van der Waals surface area (Å²) in [6.45, 7) is 12.0. The van der Waals surface area contributed by atoms with Crippen LogP contribution in [-0.2, 0) is 4.79 Å². The Morgan fingerprint density at radius 2 is 1.86 bits per heavy atom. The molecule has 0 saturated carbocycles. The van der Waals surface area contributed by atoms with Crippen LogP contribution in [0.5, 0.6) is 5.75 Å². The maximum Gasteiger partial charge on any atom is 0.161 e. The van der Waals surface area contributed by atoms with Crippen LogP contribution in [-0.4, -0.2) is 17.7 Å². The highest BCUT2D eigenvalue weighted by molar-refractivity contribution is 6.07. The van der Waals surface area contributed by atoms with Crippen LogP contribution in [0.4, 0.5) is 0 Å². The van der Waals surface area contributed by atoms with E-state index in [1.165, 1.54) is 6.20 Å². The van der Waals surface area contributed by atoms with Crippen LogP contribution >= 0.6 is 0 Å². The lowest BCUT2D eigenvalue weighted by Gasteiger charge is -2.30. The normalized spacial score (nSPS) is 17.7. The van der Waals surface area contributed by atoms with Crippen LogP contribution in [0, 0.1) is 0 Å². The van der Waals surface area contributed by atoms with E-state index in [9.17, 15) is 4.79 Å². The minimum atomic E-state index is -0.358. The van der Waals surface area contributed by atoms with Crippen molar-refractivity contribution < 1.29 is 9.53 Å². The summed E-state index contributed by atoms with van der Waals surface area (Å²) < 4.78 is 6.03. The minimum Gasteiger partial charge on any atom is -0.491 e. The number of benzene rings is 1. The van der Waals surface area contributed by atoms with Crippen molar-refractivity contribution in [2.45, 2.75) is 79.2 Å². The van der Waals surface area contributed by atoms with Gasteiger partial charge in [0.1, 0.15) is 11.6 Å². The average molecular weight is 400 g/mol. The number of ether oxygens (including phenoxy) is 1. The van der Waals surface area contributed by atoms with Gasteiger partial charge in [-0.05, 0) is 32.8 Å². The molecule has 0 radical (unpaired) electrons. The Hall–Kier alpha value is -2.56. The topological polar surface area (TPSA) is 90.7 Å². The zero-order chi connectivity index (χ0) is 22.0. The summed E-state index contributed by atoms with van der Waals surface area (Å²) in [6.07, 6.45) is 4.32. The molecule has 0 fully saturated rings. The van der Waals surface area contributed by atoms with E-state index in [1.807, 2.05) is 58.9 Å². The Balaban J connectivity index is 0.00000204. The Kier molecular flexibility index (Phi) is 10.2. The highest BCUT2D eigenvalue weighted by Gasteiger charge is 2.35. The highest BCUT2D eigenvalue weighted by atomic mass is 16.5. The molecule has 0 aromatic heterocycles. The molecule has 1 aliphatic heterocycles. The van der Waals surface area contributed by atoms with Crippen molar-refractivity contribution in [2.75, 3.05) is 0 Å². The van der Waals surface area contributed by atoms with Crippen molar-refractivity contribution in [2.24, 2.45) is 16.5 Å². The number of para-hydroxylation sites is 1. The largest absolute Gasteiger partial charge is 0.491 e. The third-order valence-electron chi connectivity index (χ3n) is 4.50. The number of nitrogens with zero attached hydrogens (tertiary/aromatic N) is 1. The van der Waals surface area contributed by atoms with Crippen molar-refractivity contribution in [1.82, 2.24) is 0 Å². The number of amidine groups is 1. The van der Waals surface area contributed by atoms with Crippen molar-refractivity contribution >= 4 is 11.6 Å². The van der Waals surface area contributed by atoms with E-state index in [4.69, 9.17) is 16.2 Å². The first-order valence-corrected chi connectivity index (χ1v) is 10.7. The molecule has 0 saturated heterocycles. The van der Waals surface area contributed by atoms with Gasteiger partial charge in [0.25, 0.3) is 0 Å². The number of ketones is 1. The van der Waals surface area contributed by atoms with E-state index in [0.717, 1.165) is 29.9 Å². The second kappa shape index (κ2) is 12.1. The molecule has 1 aromatic carbocycles. The maximum atomic E-state index is 13.1. The zero-order valence-corrected chi connectivity index (χ0v) is 18.8. The van der Waals surface area contributed by atoms with Crippen LogP contribution in [0.15, 0.2) is 52.3 Å². The second-order valence-corrected chi connectivity index (χ2v) is 7.04. The third kappa shape index (κ3) is 5.96. The SMILES string of the molecule is CC.CCCC(=O)C1=C(CCC)N=C(N)/C(=C\N)C1c1ccccc1OC(C)C. The van der Waals surface area contributed by atoms with Crippen molar-refractivity contribution in [3.63, 3.8) is 0 Å². The van der Waals surface area contributed by atoms with Crippen LogP contribution in [0.2, 0.25) is 0 Å². The number of allylic oxidation sites excluding steroid dienone is 2. The van der Waals surface area contributed by atoms with Gasteiger partial charge in [0.05, 0.1) is 11.8 Å². The molecule has 2 rings (SSSR count). The fraction of sp³-hybridized carbons (Fsp3) is 0.500. The molecule has 1 atom stereocenters. The van der Waals surface area contributed by atoms with Gasteiger partial charge in [-0.25, -0.2) is 4.99 Å². The molecule has 0 aliphatic carbocycles. The number of nitrogens with two attached hydrogens (primary N) is 2. The monoisotopic (exact) mass is 399 g/mol. The molecule has 1 heterocycles. The van der Waals surface area contributed by atoms with Gasteiger partial charge in [-0.3, -0.25) is 4.79 Å². The average Bonchev–Trinajstić information content (AvgIpc) is 2.69. The molecule has 0 amide bonds. The summed E-state index contributed by atoms with van der Waals surface area (Å²) in [5, 5.41) is 0. The number of Topliss-reactive ketones (excluding diaryl/α,β-unsaturated/α-hetero) is 1. The zero-order valence-electron chi connectivity index (χ0n) is 18.8. The van der Waals surface area contributed by atoms with Gasteiger partial charge >= 0.3 is 0 Å². The van der Waals surface area contributed by atoms with Crippen LogP contribution in [0.3, 0.4) is 0 Å². The Labute approximate surface area is 175 Å². The van der Waals surface area contributed by atoms with E-state index in [0.29, 0.717) is 29.8 Å². The van der Waals surface area contributed by atoms with Gasteiger partial charge in [0, 0.05) is 35.2 Å². The van der Waals surface area contributed by atoms with Crippen molar-refractivity contribution in [3.05, 3.63) is 52.9 Å². The van der Waals surface area contributed by atoms with E-state index in [2.05, 4.69) is 11.9 Å².